The van der Waals surface area contributed by atoms with Crippen LogP contribution in [0.2, 0.25) is 0 Å². The predicted octanol–water partition coefficient (Wildman–Crippen LogP) is 5.87. The van der Waals surface area contributed by atoms with Crippen molar-refractivity contribution >= 4 is 34.7 Å². The van der Waals surface area contributed by atoms with Gasteiger partial charge in [-0.1, -0.05) is 12.0 Å². The Hall–Kier alpha value is -3.08. The summed E-state index contributed by atoms with van der Waals surface area (Å²) in [4.78, 5) is 0. The molecule has 0 radical (unpaired) electrons. The molecule has 3 N–H and O–H groups in total. The van der Waals surface area contributed by atoms with Gasteiger partial charge >= 0.3 is 6.18 Å². The van der Waals surface area contributed by atoms with Crippen LogP contribution in [0.5, 0.6) is 5.75 Å². The molecule has 4 rings (SSSR count). The number of rotatable bonds is 7. The molecule has 2 heterocycles. The van der Waals surface area contributed by atoms with Crippen molar-refractivity contribution in [2.75, 3.05) is 44.2 Å². The van der Waals surface area contributed by atoms with Gasteiger partial charge in [-0.2, -0.15) is 13.2 Å². The van der Waals surface area contributed by atoms with Gasteiger partial charge in [-0.3, -0.25) is 0 Å². The van der Waals surface area contributed by atoms with E-state index < -0.39 is 19.9 Å². The fraction of sp³-hybridized carbons (Fsp3) is 0.448. The molecule has 39 heavy (non-hydrogen) atoms. The largest absolute Gasteiger partial charge is 0.495 e. The van der Waals surface area contributed by atoms with Crippen molar-refractivity contribution in [2.45, 2.75) is 51.0 Å². The maximum absolute atomic E-state index is 13.5. The van der Waals surface area contributed by atoms with E-state index in [0.29, 0.717) is 33.3 Å². The van der Waals surface area contributed by atoms with Gasteiger partial charge in [0.15, 0.2) is 0 Å². The zero-order chi connectivity index (χ0) is 28.4. The van der Waals surface area contributed by atoms with Crippen LogP contribution >= 0.6 is 7.14 Å². The first kappa shape index (κ1) is 28.9. The van der Waals surface area contributed by atoms with Gasteiger partial charge in [0.25, 0.3) is 0 Å². The lowest BCUT2D eigenvalue weighted by Crippen LogP contribution is -2.50. The second-order valence-corrected chi connectivity index (χ2v) is 14.2. The van der Waals surface area contributed by atoms with Crippen molar-refractivity contribution in [2.24, 2.45) is 0 Å². The van der Waals surface area contributed by atoms with Crippen LogP contribution in [0.1, 0.15) is 32.4 Å². The number of anilines is 2. The second kappa shape index (κ2) is 11.2. The maximum atomic E-state index is 13.5. The summed E-state index contributed by atoms with van der Waals surface area (Å²) in [6.45, 7) is 7.56. The van der Waals surface area contributed by atoms with Gasteiger partial charge in [0.05, 0.1) is 30.6 Å². The highest BCUT2D eigenvalue weighted by Gasteiger charge is 2.30. The number of ether oxygens (including phenoxy) is 1. The number of benzene rings is 2. The van der Waals surface area contributed by atoms with E-state index in [1.165, 1.54) is 11.7 Å². The topological polar surface area (TPSA) is 67.3 Å². The number of nitrogens with one attached hydrogen (secondary N) is 3. The van der Waals surface area contributed by atoms with E-state index in [-0.39, 0.29) is 18.1 Å². The summed E-state index contributed by atoms with van der Waals surface area (Å²) in [5, 5.41) is 11.6. The fourth-order valence-electron chi connectivity index (χ4n) is 4.77. The molecule has 0 amide bonds. The first-order valence-corrected chi connectivity index (χ1v) is 15.5. The summed E-state index contributed by atoms with van der Waals surface area (Å²) in [6.07, 6.45) is -2.42. The van der Waals surface area contributed by atoms with Gasteiger partial charge in [0.1, 0.15) is 19.4 Å². The summed E-state index contributed by atoms with van der Waals surface area (Å²) in [5.74, 6) is 6.42. The van der Waals surface area contributed by atoms with Crippen LogP contribution in [0.25, 0.3) is 10.9 Å². The number of piperidine rings is 1. The Morgan fingerprint density at radius 3 is 2.59 bits per heavy atom. The molecular formula is C29H36F3N4O2P. The molecule has 1 saturated heterocycles. The van der Waals surface area contributed by atoms with Gasteiger partial charge in [0.2, 0.25) is 0 Å². The number of fused-ring (bicyclic) bond motifs is 1. The first-order chi connectivity index (χ1) is 18.3. The zero-order valence-corrected chi connectivity index (χ0v) is 23.9. The van der Waals surface area contributed by atoms with E-state index in [1.54, 1.807) is 49.7 Å². The average Bonchev–Trinajstić information content (AvgIpc) is 3.19. The molecule has 1 aliphatic rings. The quantitative estimate of drug-likeness (QED) is 0.249. The summed E-state index contributed by atoms with van der Waals surface area (Å²) in [6, 6.07) is 12.6. The third kappa shape index (κ3) is 7.32. The SMILES string of the molecule is COc1cc(P(C)(C)=O)ccc1NCC#Cc1cc2c(N[C@H]3CCC(C)(C)NC3)cccc2n1CC(F)(F)F. The van der Waals surface area contributed by atoms with Crippen LogP contribution in [0.3, 0.4) is 0 Å². The van der Waals surface area contributed by atoms with Gasteiger partial charge in [-0.25, -0.2) is 0 Å². The number of alkyl halides is 3. The van der Waals surface area contributed by atoms with Gasteiger partial charge in [-0.15, -0.1) is 0 Å². The minimum atomic E-state index is -4.39. The fourth-order valence-corrected chi connectivity index (χ4v) is 5.63. The maximum Gasteiger partial charge on any atom is 0.406 e. The summed E-state index contributed by atoms with van der Waals surface area (Å²) >= 11 is 0. The molecule has 0 spiro atoms. The number of halogens is 3. The molecule has 0 bridgehead atoms. The summed E-state index contributed by atoms with van der Waals surface area (Å²) in [7, 11) is -0.923. The molecule has 2 aromatic carbocycles. The van der Waals surface area contributed by atoms with Crippen LogP contribution in [-0.2, 0) is 11.1 Å². The molecule has 1 atom stereocenters. The summed E-state index contributed by atoms with van der Waals surface area (Å²) < 4.78 is 59.7. The van der Waals surface area contributed by atoms with Crippen LogP contribution in [0.15, 0.2) is 42.5 Å². The van der Waals surface area contributed by atoms with E-state index >= 15 is 0 Å². The second-order valence-electron chi connectivity index (χ2n) is 11.0. The Bertz CT molecular complexity index is 1440. The third-order valence-electron chi connectivity index (χ3n) is 6.98. The number of nitrogens with zero attached hydrogens (tertiary/aromatic N) is 1. The number of hydrogen-bond donors (Lipinski definition) is 3. The Morgan fingerprint density at radius 2 is 1.95 bits per heavy atom. The van der Waals surface area contributed by atoms with Gasteiger partial charge in [-0.05, 0) is 82.3 Å². The van der Waals surface area contributed by atoms with E-state index in [2.05, 4.69) is 41.6 Å². The Labute approximate surface area is 228 Å². The highest BCUT2D eigenvalue weighted by Crippen LogP contribution is 2.37. The highest BCUT2D eigenvalue weighted by atomic mass is 31.2. The molecule has 210 valence electrons. The lowest BCUT2D eigenvalue weighted by Gasteiger charge is -2.36. The van der Waals surface area contributed by atoms with E-state index in [4.69, 9.17) is 4.74 Å². The molecule has 0 aliphatic carbocycles. The third-order valence-corrected chi connectivity index (χ3v) is 8.50. The molecule has 1 fully saturated rings. The minimum Gasteiger partial charge on any atom is -0.495 e. The van der Waals surface area contributed by atoms with Crippen LogP contribution in [-0.4, -0.2) is 55.9 Å². The molecule has 6 nitrogen and oxygen atoms in total. The Kier molecular flexibility index (Phi) is 8.30. The molecule has 1 aliphatic heterocycles. The predicted molar refractivity (Wildman–Crippen MR) is 154 cm³/mol. The number of hydrogen-bond acceptors (Lipinski definition) is 5. The van der Waals surface area contributed by atoms with Crippen LogP contribution in [0, 0.1) is 11.8 Å². The molecule has 1 aromatic heterocycles. The molecule has 3 aromatic rings. The van der Waals surface area contributed by atoms with Crippen molar-refractivity contribution in [3.63, 3.8) is 0 Å². The normalized spacial score (nSPS) is 17.4. The van der Waals surface area contributed by atoms with Crippen molar-refractivity contribution < 1.29 is 22.5 Å². The smallest absolute Gasteiger partial charge is 0.406 e. The minimum absolute atomic E-state index is 0.0804. The summed E-state index contributed by atoms with van der Waals surface area (Å²) in [5.41, 5.74) is 2.32. The van der Waals surface area contributed by atoms with E-state index in [0.717, 1.165) is 25.1 Å². The lowest BCUT2D eigenvalue weighted by molar-refractivity contribution is -0.140. The van der Waals surface area contributed by atoms with Gasteiger partial charge < -0.3 is 29.8 Å². The molecule has 10 heteroatoms. The average molecular weight is 561 g/mol. The van der Waals surface area contributed by atoms with Gasteiger partial charge in [0, 0.05) is 34.5 Å². The molecule has 0 saturated carbocycles. The van der Waals surface area contributed by atoms with Crippen molar-refractivity contribution in [3.05, 3.63) is 48.2 Å². The Morgan fingerprint density at radius 1 is 1.18 bits per heavy atom. The Balaban J connectivity index is 1.58. The number of aromatic nitrogens is 1. The van der Waals surface area contributed by atoms with Crippen molar-refractivity contribution in [3.8, 4) is 17.6 Å². The van der Waals surface area contributed by atoms with Crippen LogP contribution in [0.4, 0.5) is 24.5 Å². The molecular weight excluding hydrogens is 524 g/mol. The standard InChI is InChI=1S/C29H36F3N4O2P/c1-28(2)14-13-20(18-34-28)35-24-9-6-10-26-23(24)16-21(36(26)19-29(30,31)32)8-7-15-33-25-12-11-22(39(4,5)37)17-27(25)38-3/h6,9-12,16-17,20,33-35H,13-15,18-19H2,1-5H3/t20-/m0/s1. The first-order valence-electron chi connectivity index (χ1n) is 12.9. The monoisotopic (exact) mass is 560 g/mol. The van der Waals surface area contributed by atoms with Crippen molar-refractivity contribution in [1.82, 2.24) is 9.88 Å². The van der Waals surface area contributed by atoms with Crippen LogP contribution < -0.4 is 26.0 Å². The van der Waals surface area contributed by atoms with E-state index in [1.807, 2.05) is 6.07 Å². The lowest BCUT2D eigenvalue weighted by atomic mass is 9.90. The highest BCUT2D eigenvalue weighted by molar-refractivity contribution is 7.70. The van der Waals surface area contributed by atoms with E-state index in [9.17, 15) is 17.7 Å². The number of methoxy groups -OCH3 is 1. The molecule has 0 unspecified atom stereocenters. The van der Waals surface area contributed by atoms with Crippen molar-refractivity contribution in [1.29, 1.82) is 0 Å². The zero-order valence-electron chi connectivity index (χ0n) is 23.0.